The third-order valence-corrected chi connectivity index (χ3v) is 10.7. The van der Waals surface area contributed by atoms with Gasteiger partial charge in [0.15, 0.2) is 0 Å². The van der Waals surface area contributed by atoms with Crippen molar-refractivity contribution < 1.29 is 23.1 Å². The van der Waals surface area contributed by atoms with Crippen LogP contribution >= 0.6 is 11.3 Å². The highest BCUT2D eigenvalue weighted by Gasteiger charge is 2.34. The Kier molecular flexibility index (Phi) is 8.32. The first-order chi connectivity index (χ1) is 23.5. The summed E-state index contributed by atoms with van der Waals surface area (Å²) >= 11 is 1.43. The molecule has 0 bridgehead atoms. The van der Waals surface area contributed by atoms with Crippen LogP contribution in [0.1, 0.15) is 42.8 Å². The Morgan fingerprint density at radius 3 is 2.61 bits per heavy atom. The number of nitrogens with one attached hydrogen (secondary N) is 1. The summed E-state index contributed by atoms with van der Waals surface area (Å²) in [5.74, 6) is -1.69. The lowest BCUT2D eigenvalue weighted by Crippen LogP contribution is -2.47. The zero-order valence-electron chi connectivity index (χ0n) is 27.9. The number of ether oxygens (including phenoxy) is 1. The molecule has 5 aromatic rings. The molecule has 0 saturated heterocycles. The highest BCUT2D eigenvalue weighted by atomic mass is 32.1. The van der Waals surface area contributed by atoms with Crippen molar-refractivity contribution in [2.75, 3.05) is 27.7 Å². The molecule has 1 N–H and O–H groups in total. The molecule has 3 atom stereocenters. The number of halogens is 2. The van der Waals surface area contributed by atoms with Crippen LogP contribution in [0.3, 0.4) is 0 Å². The van der Waals surface area contributed by atoms with Crippen molar-refractivity contribution in [3.63, 3.8) is 0 Å². The number of likely N-dealkylation sites (N-methyl/N-ethyl adjacent to an activating group) is 2. The van der Waals surface area contributed by atoms with Crippen molar-refractivity contribution in [1.29, 1.82) is 0 Å². The Bertz CT molecular complexity index is 2160. The van der Waals surface area contributed by atoms with E-state index >= 15 is 4.39 Å². The van der Waals surface area contributed by atoms with Crippen LogP contribution in [0.5, 0.6) is 5.75 Å². The maximum atomic E-state index is 16.0. The van der Waals surface area contributed by atoms with E-state index in [1.165, 1.54) is 30.6 Å². The number of fused-ring (bicyclic) bond motifs is 3. The molecular weight excluding hydrogens is 647 g/mol. The molecule has 0 saturated carbocycles. The zero-order chi connectivity index (χ0) is 34.7. The van der Waals surface area contributed by atoms with Gasteiger partial charge in [-0.15, -0.1) is 11.3 Å². The summed E-state index contributed by atoms with van der Waals surface area (Å²) < 4.78 is 38.6. The van der Waals surface area contributed by atoms with Gasteiger partial charge < -0.3 is 15.0 Å². The Balaban J connectivity index is 1.46. The molecule has 7 rings (SSSR count). The first-order valence-electron chi connectivity index (χ1n) is 16.1. The third kappa shape index (κ3) is 5.39. The number of amides is 2. The molecule has 2 amide bonds. The highest BCUT2D eigenvalue weighted by Crippen LogP contribution is 2.48. The molecule has 0 unspecified atom stereocenters. The Morgan fingerprint density at radius 1 is 1.08 bits per heavy atom. The monoisotopic (exact) mass is 682 g/mol. The van der Waals surface area contributed by atoms with Gasteiger partial charge in [-0.2, -0.15) is 5.10 Å². The molecule has 12 heteroatoms. The number of carbonyl (C=O) groups excluding carboxylic acids is 2. The van der Waals surface area contributed by atoms with Gasteiger partial charge in [0, 0.05) is 53.5 Å². The van der Waals surface area contributed by atoms with Crippen LogP contribution in [0.4, 0.5) is 8.78 Å². The fourth-order valence-electron chi connectivity index (χ4n) is 7.21. The smallest absolute Gasteiger partial charge is 0.246 e. The van der Waals surface area contributed by atoms with E-state index in [0.717, 1.165) is 38.5 Å². The fraction of sp³-hybridized carbons (Fsp3) is 0.297. The van der Waals surface area contributed by atoms with E-state index in [9.17, 15) is 14.0 Å². The lowest BCUT2D eigenvalue weighted by molar-refractivity contribution is -0.129. The van der Waals surface area contributed by atoms with Gasteiger partial charge in [0.05, 0.1) is 42.2 Å². The van der Waals surface area contributed by atoms with Crippen LogP contribution in [-0.4, -0.2) is 70.2 Å². The van der Waals surface area contributed by atoms with Gasteiger partial charge in [-0.25, -0.2) is 13.8 Å². The maximum Gasteiger partial charge on any atom is 0.246 e. The molecule has 3 aromatic heterocycles. The summed E-state index contributed by atoms with van der Waals surface area (Å²) in [6, 6.07) is 11.3. The Labute approximate surface area is 286 Å². The van der Waals surface area contributed by atoms with E-state index < -0.39 is 11.6 Å². The highest BCUT2D eigenvalue weighted by molar-refractivity contribution is 7.18. The predicted octanol–water partition coefficient (Wildman–Crippen LogP) is 6.53. The van der Waals surface area contributed by atoms with Crippen molar-refractivity contribution in [2.24, 2.45) is 0 Å². The summed E-state index contributed by atoms with van der Waals surface area (Å²) in [7, 11) is 4.97. The summed E-state index contributed by atoms with van der Waals surface area (Å²) in [6.07, 6.45) is 1.90. The first-order valence-corrected chi connectivity index (χ1v) is 16.9. The fourth-order valence-corrected chi connectivity index (χ4v) is 8.15. The van der Waals surface area contributed by atoms with Crippen molar-refractivity contribution >= 4 is 33.2 Å². The van der Waals surface area contributed by atoms with Gasteiger partial charge in [0.25, 0.3) is 0 Å². The van der Waals surface area contributed by atoms with Crippen LogP contribution in [0.15, 0.2) is 60.5 Å². The lowest BCUT2D eigenvalue weighted by Gasteiger charge is -2.36. The van der Waals surface area contributed by atoms with Gasteiger partial charge in [0.2, 0.25) is 11.8 Å². The average Bonchev–Trinajstić information content (AvgIpc) is 3.77. The third-order valence-electron chi connectivity index (χ3n) is 9.73. The van der Waals surface area contributed by atoms with Crippen LogP contribution in [0, 0.1) is 11.6 Å². The number of thiophene rings is 1. The molecule has 9 nitrogen and oxygen atoms in total. The summed E-state index contributed by atoms with van der Waals surface area (Å²) in [6.45, 7) is 8.62. The number of carbonyl (C=O) groups is 2. The van der Waals surface area contributed by atoms with E-state index in [1.807, 2.05) is 60.1 Å². The molecule has 5 heterocycles. The van der Waals surface area contributed by atoms with E-state index in [1.54, 1.807) is 11.9 Å². The van der Waals surface area contributed by atoms with E-state index in [-0.39, 0.29) is 41.3 Å². The Morgan fingerprint density at radius 2 is 1.88 bits per heavy atom. The average molecular weight is 683 g/mol. The SMILES string of the molecule is C=CC(=O)N1C[C@H](C)n2nc(-c3nc(-c4ccc5c(c4)CN(C)[C@H](C(=O)NC)C5)c4ccsc4c3-c3c(F)cc(F)cc3OC)cc2[C@H]1C. The molecule has 2 aromatic carbocycles. The van der Waals surface area contributed by atoms with Crippen molar-refractivity contribution in [2.45, 2.75) is 44.9 Å². The van der Waals surface area contributed by atoms with Gasteiger partial charge in [0.1, 0.15) is 28.8 Å². The molecule has 0 radical (unpaired) electrons. The van der Waals surface area contributed by atoms with E-state index in [2.05, 4.69) is 18.0 Å². The predicted molar refractivity (Wildman–Crippen MR) is 186 cm³/mol. The number of aromatic nitrogens is 3. The summed E-state index contributed by atoms with van der Waals surface area (Å²) in [5.41, 5.74) is 5.98. The molecule has 49 heavy (non-hydrogen) atoms. The second-order valence-electron chi connectivity index (χ2n) is 12.7. The van der Waals surface area contributed by atoms with Gasteiger partial charge in [-0.05, 0) is 68.1 Å². The standard InChI is InChI=1S/C37H36F2N6O3S/c1-7-31(46)44-17-19(2)45-28(20(44)3)16-27(42-45)35-33(32-26(39)14-24(38)15-30(32)48-6)36-25(10-11-49-36)34(41-35)22-9-8-21-13-29(37(47)40-4)43(5)18-23(21)12-22/h7-12,14-16,19-20,29H,1,13,17-18H2,2-6H3,(H,40,47)/t19-,20+,29-/m0/s1. The zero-order valence-corrected chi connectivity index (χ0v) is 28.7. The molecule has 2 aliphatic rings. The number of pyridine rings is 1. The number of rotatable bonds is 6. The van der Waals surface area contributed by atoms with Crippen molar-refractivity contribution in [3.05, 3.63) is 89.0 Å². The van der Waals surface area contributed by atoms with Crippen LogP contribution in [-0.2, 0) is 22.6 Å². The second-order valence-corrected chi connectivity index (χ2v) is 13.6. The first kappa shape index (κ1) is 32.6. The molecule has 2 aliphatic heterocycles. The van der Waals surface area contributed by atoms with Crippen molar-refractivity contribution in [3.8, 4) is 39.5 Å². The molecular formula is C37H36F2N6O3S. The number of hydrogen-bond acceptors (Lipinski definition) is 7. The van der Waals surface area contributed by atoms with Crippen LogP contribution in [0.25, 0.3) is 43.9 Å². The van der Waals surface area contributed by atoms with Crippen molar-refractivity contribution in [1.82, 2.24) is 29.9 Å². The van der Waals surface area contributed by atoms with Crippen LogP contribution in [0.2, 0.25) is 0 Å². The summed E-state index contributed by atoms with van der Waals surface area (Å²) in [5, 5.41) is 10.5. The topological polar surface area (TPSA) is 92.6 Å². The molecule has 0 aliphatic carbocycles. The normalized spacial score (nSPS) is 19.0. The minimum atomic E-state index is -0.779. The largest absolute Gasteiger partial charge is 0.496 e. The summed E-state index contributed by atoms with van der Waals surface area (Å²) in [4.78, 5) is 34.3. The van der Waals surface area contributed by atoms with Gasteiger partial charge in [-0.3, -0.25) is 19.2 Å². The van der Waals surface area contributed by atoms with E-state index in [0.29, 0.717) is 42.2 Å². The number of benzene rings is 2. The van der Waals surface area contributed by atoms with Gasteiger partial charge >= 0.3 is 0 Å². The molecule has 0 spiro atoms. The molecule has 0 fully saturated rings. The lowest BCUT2D eigenvalue weighted by atomic mass is 9.90. The van der Waals surface area contributed by atoms with E-state index in [4.69, 9.17) is 14.8 Å². The maximum absolute atomic E-state index is 16.0. The molecule has 252 valence electrons. The minimum absolute atomic E-state index is 0.0223. The quantitative estimate of drug-likeness (QED) is 0.205. The van der Waals surface area contributed by atoms with Gasteiger partial charge in [-0.1, -0.05) is 18.7 Å². The number of methoxy groups -OCH3 is 1. The van der Waals surface area contributed by atoms with Crippen LogP contribution < -0.4 is 10.1 Å². The minimum Gasteiger partial charge on any atom is -0.496 e. The number of hydrogen-bond donors (Lipinski definition) is 1. The number of nitrogens with zero attached hydrogens (tertiary/aromatic N) is 5. The second kappa shape index (κ2) is 12.5. The Hall–Kier alpha value is -4.94.